The third-order valence-electron chi connectivity index (χ3n) is 6.59. The number of aliphatic hydroxyl groups is 1. The first-order valence-corrected chi connectivity index (χ1v) is 13.0. The van der Waals surface area contributed by atoms with Gasteiger partial charge >= 0.3 is 0 Å². The third kappa shape index (κ3) is 5.07. The molecule has 3 rings (SSSR count). The number of hydrogen-bond donors (Lipinski definition) is 1. The lowest BCUT2D eigenvalue weighted by molar-refractivity contribution is 0.0427. The molecular weight excluding hydrogens is 391 g/mol. The summed E-state index contributed by atoms with van der Waals surface area (Å²) in [6, 6.07) is 17.1. The molecule has 0 saturated heterocycles. The van der Waals surface area contributed by atoms with Crippen molar-refractivity contribution >= 4 is 12.7 Å². The summed E-state index contributed by atoms with van der Waals surface area (Å²) >= 11 is 0. The molecule has 5 atom stereocenters. The Morgan fingerprint density at radius 1 is 0.933 bits per heavy atom. The molecule has 0 aliphatic heterocycles. The predicted molar refractivity (Wildman–Crippen MR) is 125 cm³/mol. The van der Waals surface area contributed by atoms with Crippen LogP contribution in [0.2, 0.25) is 0 Å². The van der Waals surface area contributed by atoms with Crippen LogP contribution in [0.5, 0.6) is 0 Å². The quantitative estimate of drug-likeness (QED) is 0.489. The minimum absolute atomic E-state index is 0.107. The zero-order valence-electron chi connectivity index (χ0n) is 19.0. The fraction of sp³-hybridized carbons (Fsp3) is 0.538. The van der Waals surface area contributed by atoms with Gasteiger partial charge in [-0.05, 0) is 59.8 Å². The summed E-state index contributed by atoms with van der Waals surface area (Å²) in [6.45, 7) is 10.9. The van der Waals surface area contributed by atoms with Gasteiger partial charge in [-0.15, -0.1) is 0 Å². The number of aliphatic hydroxyl groups excluding tert-OH is 1. The van der Waals surface area contributed by atoms with Crippen molar-refractivity contribution in [3.8, 4) is 0 Å². The molecule has 3 nitrogen and oxygen atoms in total. The van der Waals surface area contributed by atoms with Gasteiger partial charge in [-0.25, -0.2) is 0 Å². The van der Waals surface area contributed by atoms with Crippen LogP contribution in [-0.4, -0.2) is 11.2 Å². The molecule has 1 aliphatic rings. The average Bonchev–Trinajstić information content (AvgIpc) is 2.73. The molecule has 0 radical (unpaired) electrons. The second-order valence-corrected chi connectivity index (χ2v) is 12.0. The highest BCUT2D eigenvalue weighted by atomic mass is 31.2. The van der Waals surface area contributed by atoms with Crippen LogP contribution in [-0.2, 0) is 9.09 Å². The van der Waals surface area contributed by atoms with Crippen LogP contribution in [0, 0.1) is 17.8 Å². The van der Waals surface area contributed by atoms with Gasteiger partial charge in [0.05, 0.1) is 6.10 Å². The largest absolute Gasteiger partial charge is 0.378 e. The van der Waals surface area contributed by atoms with E-state index < -0.39 is 13.2 Å². The Morgan fingerprint density at radius 3 is 2.10 bits per heavy atom. The molecule has 1 fully saturated rings. The van der Waals surface area contributed by atoms with E-state index in [-0.39, 0.29) is 6.10 Å². The Kier molecular flexibility index (Phi) is 7.61. The van der Waals surface area contributed by atoms with Crippen molar-refractivity contribution in [3.05, 3.63) is 65.7 Å². The molecule has 1 saturated carbocycles. The third-order valence-corrected chi connectivity index (χ3v) is 9.14. The SMILES string of the molecule is CC1CCC(C(C)C)C(OP(=O)(c2ccccc2)C(O)c2ccc(C(C)C)cc2)C1. The normalized spacial score (nSPS) is 25.3. The van der Waals surface area contributed by atoms with E-state index in [1.54, 1.807) is 0 Å². The van der Waals surface area contributed by atoms with E-state index in [4.69, 9.17) is 4.52 Å². The number of benzene rings is 2. The topological polar surface area (TPSA) is 46.5 Å². The maximum absolute atomic E-state index is 14.4. The van der Waals surface area contributed by atoms with Crippen molar-refractivity contribution in [2.75, 3.05) is 0 Å². The first kappa shape index (κ1) is 23.3. The summed E-state index contributed by atoms with van der Waals surface area (Å²) in [4.78, 5) is 0. The van der Waals surface area contributed by atoms with Crippen LogP contribution in [0.15, 0.2) is 54.6 Å². The average molecular weight is 429 g/mol. The summed E-state index contributed by atoms with van der Waals surface area (Å²) in [7, 11) is -3.54. The van der Waals surface area contributed by atoms with Gasteiger partial charge in [0.25, 0.3) is 7.37 Å². The molecule has 0 bridgehead atoms. The molecule has 0 aromatic heterocycles. The van der Waals surface area contributed by atoms with E-state index in [1.165, 1.54) is 12.0 Å². The predicted octanol–water partition coefficient (Wildman–Crippen LogP) is 6.88. The Bertz CT molecular complexity index is 844. The van der Waals surface area contributed by atoms with Gasteiger partial charge in [-0.3, -0.25) is 4.57 Å². The highest BCUT2D eigenvalue weighted by Crippen LogP contribution is 2.60. The summed E-state index contributed by atoms with van der Waals surface area (Å²) in [5.74, 6) is 0.578. The monoisotopic (exact) mass is 428 g/mol. The lowest BCUT2D eigenvalue weighted by Gasteiger charge is -2.39. The molecular formula is C26H37O3P. The van der Waals surface area contributed by atoms with Gasteiger partial charge < -0.3 is 9.63 Å². The van der Waals surface area contributed by atoms with Crippen molar-refractivity contribution in [2.45, 2.75) is 71.7 Å². The van der Waals surface area contributed by atoms with Crippen LogP contribution in [0.1, 0.15) is 76.8 Å². The minimum atomic E-state index is -3.54. The molecule has 164 valence electrons. The minimum Gasteiger partial charge on any atom is -0.378 e. The molecule has 1 aliphatic carbocycles. The molecule has 0 amide bonds. The number of rotatable bonds is 7. The lowest BCUT2D eigenvalue weighted by Crippen LogP contribution is -2.35. The van der Waals surface area contributed by atoms with Gasteiger partial charge in [0.15, 0.2) is 5.85 Å². The van der Waals surface area contributed by atoms with Crippen LogP contribution in [0.3, 0.4) is 0 Å². The van der Waals surface area contributed by atoms with E-state index in [0.29, 0.717) is 34.5 Å². The van der Waals surface area contributed by atoms with E-state index in [9.17, 15) is 9.67 Å². The zero-order chi connectivity index (χ0) is 21.9. The van der Waals surface area contributed by atoms with Gasteiger partial charge in [-0.2, -0.15) is 0 Å². The van der Waals surface area contributed by atoms with E-state index in [2.05, 4.69) is 34.6 Å². The zero-order valence-corrected chi connectivity index (χ0v) is 19.9. The highest BCUT2D eigenvalue weighted by molar-refractivity contribution is 7.67. The van der Waals surface area contributed by atoms with Crippen LogP contribution in [0.25, 0.3) is 0 Å². The van der Waals surface area contributed by atoms with Crippen molar-refractivity contribution in [3.63, 3.8) is 0 Å². The van der Waals surface area contributed by atoms with Gasteiger partial charge in [-0.1, -0.05) is 83.5 Å². The Balaban J connectivity index is 1.98. The smallest absolute Gasteiger partial charge is 0.264 e. The molecule has 1 N–H and O–H groups in total. The van der Waals surface area contributed by atoms with Crippen molar-refractivity contribution < 1.29 is 14.2 Å². The first-order chi connectivity index (χ1) is 14.2. The lowest BCUT2D eigenvalue weighted by atomic mass is 9.75. The summed E-state index contributed by atoms with van der Waals surface area (Å²) < 4.78 is 20.9. The standard InChI is InChI=1S/C26H37O3P/c1-18(2)21-12-14-22(15-13-21)26(27)30(28,23-9-7-6-8-10-23)29-25-17-20(5)11-16-24(25)19(3)4/h6-10,12-15,18-20,24-27H,11,16-17H2,1-5H3. The fourth-order valence-corrected chi connectivity index (χ4v) is 6.90. The second-order valence-electron chi connectivity index (χ2n) is 9.60. The summed E-state index contributed by atoms with van der Waals surface area (Å²) in [5, 5.41) is 11.9. The Hall–Kier alpha value is -1.41. The molecule has 5 unspecified atom stereocenters. The van der Waals surface area contributed by atoms with E-state index in [1.807, 2.05) is 54.6 Å². The highest BCUT2D eigenvalue weighted by Gasteiger charge is 2.42. The Labute approximate surface area is 182 Å². The first-order valence-electron chi connectivity index (χ1n) is 11.3. The van der Waals surface area contributed by atoms with Gasteiger partial charge in [0.1, 0.15) is 0 Å². The van der Waals surface area contributed by atoms with Crippen LogP contribution in [0.4, 0.5) is 0 Å². The molecule has 0 spiro atoms. The van der Waals surface area contributed by atoms with E-state index >= 15 is 0 Å². The maximum Gasteiger partial charge on any atom is 0.264 e. The fourth-order valence-electron chi connectivity index (χ4n) is 4.58. The molecule has 4 heteroatoms. The van der Waals surface area contributed by atoms with Gasteiger partial charge in [0, 0.05) is 5.30 Å². The molecule has 2 aromatic rings. The van der Waals surface area contributed by atoms with Crippen LogP contribution >= 0.6 is 7.37 Å². The van der Waals surface area contributed by atoms with Crippen LogP contribution < -0.4 is 5.30 Å². The molecule has 0 heterocycles. The number of hydrogen-bond acceptors (Lipinski definition) is 3. The molecule has 2 aromatic carbocycles. The maximum atomic E-state index is 14.4. The van der Waals surface area contributed by atoms with Crippen molar-refractivity contribution in [1.29, 1.82) is 0 Å². The Morgan fingerprint density at radius 2 is 1.53 bits per heavy atom. The summed E-state index contributed by atoms with van der Waals surface area (Å²) in [5.41, 5.74) is 1.85. The second kappa shape index (κ2) is 9.81. The van der Waals surface area contributed by atoms with Crippen molar-refractivity contribution in [1.82, 2.24) is 0 Å². The van der Waals surface area contributed by atoms with Crippen molar-refractivity contribution in [2.24, 2.45) is 17.8 Å². The molecule has 30 heavy (non-hydrogen) atoms. The van der Waals surface area contributed by atoms with E-state index in [0.717, 1.165) is 12.8 Å². The van der Waals surface area contributed by atoms with Gasteiger partial charge in [0.2, 0.25) is 0 Å². The summed E-state index contributed by atoms with van der Waals surface area (Å²) in [6.07, 6.45) is 3.04.